The summed E-state index contributed by atoms with van der Waals surface area (Å²) < 4.78 is 61.1. The van der Waals surface area contributed by atoms with E-state index in [4.69, 9.17) is 0 Å². The fraction of sp³-hybridized carbons (Fsp3) is 0.300. The van der Waals surface area contributed by atoms with E-state index in [0.29, 0.717) is 0 Å². The zero-order valence-electron chi connectivity index (χ0n) is 8.61. The molecule has 0 bridgehead atoms. The summed E-state index contributed by atoms with van der Waals surface area (Å²) in [5, 5.41) is 1.63. The SMILES string of the molecule is CC(NC(=O)C(F)(F)F)c1ccc(F)c(F)c1. The van der Waals surface area contributed by atoms with Gasteiger partial charge in [0.25, 0.3) is 0 Å². The monoisotopic (exact) mass is 253 g/mol. The van der Waals surface area contributed by atoms with Gasteiger partial charge < -0.3 is 5.32 Å². The summed E-state index contributed by atoms with van der Waals surface area (Å²) >= 11 is 0. The van der Waals surface area contributed by atoms with Crippen molar-refractivity contribution in [3.05, 3.63) is 35.4 Å². The minimum atomic E-state index is -5.01. The Morgan fingerprint density at radius 2 is 1.82 bits per heavy atom. The highest BCUT2D eigenvalue weighted by molar-refractivity contribution is 5.82. The number of halogens is 5. The van der Waals surface area contributed by atoms with Gasteiger partial charge in [-0.2, -0.15) is 13.2 Å². The molecule has 1 aromatic rings. The molecule has 0 fully saturated rings. The molecule has 0 aliphatic heterocycles. The Morgan fingerprint density at radius 1 is 1.24 bits per heavy atom. The molecular formula is C10H8F5NO. The molecule has 1 rings (SSSR count). The predicted molar refractivity (Wildman–Crippen MR) is 49.0 cm³/mol. The van der Waals surface area contributed by atoms with E-state index in [0.717, 1.165) is 18.2 Å². The molecule has 0 spiro atoms. The Bertz CT molecular complexity index is 429. The van der Waals surface area contributed by atoms with Crippen molar-refractivity contribution in [3.63, 3.8) is 0 Å². The second-order valence-electron chi connectivity index (χ2n) is 3.37. The number of alkyl halides is 3. The molecule has 1 amide bonds. The lowest BCUT2D eigenvalue weighted by molar-refractivity contribution is -0.174. The highest BCUT2D eigenvalue weighted by Crippen LogP contribution is 2.19. The zero-order chi connectivity index (χ0) is 13.2. The summed E-state index contributed by atoms with van der Waals surface area (Å²) in [5.74, 6) is -4.42. The van der Waals surface area contributed by atoms with Gasteiger partial charge in [0.05, 0.1) is 6.04 Å². The van der Waals surface area contributed by atoms with Gasteiger partial charge in [-0.25, -0.2) is 8.78 Å². The lowest BCUT2D eigenvalue weighted by atomic mass is 10.1. The number of amides is 1. The Kier molecular flexibility index (Phi) is 3.69. The Morgan fingerprint density at radius 3 is 2.29 bits per heavy atom. The van der Waals surface area contributed by atoms with Crippen molar-refractivity contribution in [2.45, 2.75) is 19.1 Å². The normalized spacial score (nSPS) is 13.3. The minimum Gasteiger partial charge on any atom is -0.342 e. The van der Waals surface area contributed by atoms with E-state index in [1.54, 1.807) is 5.32 Å². The van der Waals surface area contributed by atoms with E-state index >= 15 is 0 Å². The van der Waals surface area contributed by atoms with Gasteiger partial charge in [0.15, 0.2) is 11.6 Å². The molecule has 0 saturated heterocycles. The first-order valence-electron chi connectivity index (χ1n) is 4.54. The second-order valence-corrected chi connectivity index (χ2v) is 3.37. The average molecular weight is 253 g/mol. The van der Waals surface area contributed by atoms with Crippen LogP contribution in [0.25, 0.3) is 0 Å². The van der Waals surface area contributed by atoms with Crippen molar-refractivity contribution in [2.24, 2.45) is 0 Å². The molecular weight excluding hydrogens is 245 g/mol. The first kappa shape index (κ1) is 13.4. The molecule has 1 aromatic carbocycles. The maximum absolute atomic E-state index is 12.8. The minimum absolute atomic E-state index is 0.0431. The summed E-state index contributed by atoms with van der Waals surface area (Å²) in [6.45, 7) is 1.23. The molecule has 1 atom stereocenters. The number of benzene rings is 1. The molecule has 0 aliphatic rings. The van der Waals surface area contributed by atoms with Crippen molar-refractivity contribution in [1.82, 2.24) is 5.32 Å². The van der Waals surface area contributed by atoms with Crippen molar-refractivity contribution in [1.29, 1.82) is 0 Å². The Labute approximate surface area is 93.4 Å². The maximum atomic E-state index is 12.8. The molecule has 0 heterocycles. The van der Waals surface area contributed by atoms with Crippen LogP contribution in [0.15, 0.2) is 18.2 Å². The summed E-state index contributed by atoms with van der Waals surface area (Å²) in [6, 6.07) is 1.54. The molecule has 7 heteroatoms. The van der Waals surface area contributed by atoms with E-state index in [1.165, 1.54) is 6.92 Å². The van der Waals surface area contributed by atoms with Gasteiger partial charge in [-0.15, -0.1) is 0 Å². The van der Waals surface area contributed by atoms with Crippen molar-refractivity contribution in [3.8, 4) is 0 Å². The smallest absolute Gasteiger partial charge is 0.342 e. The summed E-state index contributed by atoms with van der Waals surface area (Å²) in [7, 11) is 0. The van der Waals surface area contributed by atoms with Crippen LogP contribution in [0, 0.1) is 11.6 Å². The van der Waals surface area contributed by atoms with Crippen LogP contribution in [0.1, 0.15) is 18.5 Å². The maximum Gasteiger partial charge on any atom is 0.471 e. The molecule has 0 radical (unpaired) electrons. The summed E-state index contributed by atoms with van der Waals surface area (Å²) in [6.07, 6.45) is -5.01. The van der Waals surface area contributed by atoms with Crippen LogP contribution in [0.5, 0.6) is 0 Å². The third-order valence-electron chi connectivity index (χ3n) is 2.05. The van der Waals surface area contributed by atoms with Gasteiger partial charge in [-0.3, -0.25) is 4.79 Å². The fourth-order valence-electron chi connectivity index (χ4n) is 1.14. The molecule has 1 unspecified atom stereocenters. The number of rotatable bonds is 2. The second kappa shape index (κ2) is 4.68. The summed E-state index contributed by atoms with van der Waals surface area (Å²) in [4.78, 5) is 10.6. The van der Waals surface area contributed by atoms with E-state index in [2.05, 4.69) is 0 Å². The average Bonchev–Trinajstić information content (AvgIpc) is 2.20. The molecule has 94 valence electrons. The quantitative estimate of drug-likeness (QED) is 0.807. The van der Waals surface area contributed by atoms with Gasteiger partial charge >= 0.3 is 12.1 Å². The van der Waals surface area contributed by atoms with Crippen LogP contribution in [0.2, 0.25) is 0 Å². The lowest BCUT2D eigenvalue weighted by Gasteiger charge is -2.15. The van der Waals surface area contributed by atoms with Crippen molar-refractivity contribution in [2.75, 3.05) is 0 Å². The van der Waals surface area contributed by atoms with Crippen LogP contribution < -0.4 is 5.32 Å². The third kappa shape index (κ3) is 3.40. The van der Waals surface area contributed by atoms with E-state index < -0.39 is 29.8 Å². The molecule has 1 N–H and O–H groups in total. The molecule has 0 aromatic heterocycles. The third-order valence-corrected chi connectivity index (χ3v) is 2.05. The van der Waals surface area contributed by atoms with Gasteiger partial charge in [-0.05, 0) is 24.6 Å². The molecule has 2 nitrogen and oxygen atoms in total. The highest BCUT2D eigenvalue weighted by Gasteiger charge is 2.39. The largest absolute Gasteiger partial charge is 0.471 e. The predicted octanol–water partition coefficient (Wildman–Crippen LogP) is 2.70. The number of hydrogen-bond acceptors (Lipinski definition) is 1. The van der Waals surface area contributed by atoms with Crippen molar-refractivity contribution >= 4 is 5.91 Å². The Balaban J connectivity index is 2.80. The lowest BCUT2D eigenvalue weighted by Crippen LogP contribution is -2.38. The summed E-state index contributed by atoms with van der Waals surface area (Å²) in [5.41, 5.74) is 0.0431. The van der Waals surface area contributed by atoms with E-state index in [1.807, 2.05) is 0 Å². The highest BCUT2D eigenvalue weighted by atomic mass is 19.4. The van der Waals surface area contributed by atoms with Gasteiger partial charge in [0, 0.05) is 0 Å². The van der Waals surface area contributed by atoms with E-state index in [9.17, 15) is 26.7 Å². The topological polar surface area (TPSA) is 29.1 Å². The number of nitrogens with one attached hydrogen (secondary N) is 1. The number of hydrogen-bond donors (Lipinski definition) is 1. The van der Waals surface area contributed by atoms with Crippen LogP contribution in [-0.2, 0) is 4.79 Å². The van der Waals surface area contributed by atoms with Gasteiger partial charge in [0.2, 0.25) is 0 Å². The number of carbonyl (C=O) groups is 1. The first-order valence-corrected chi connectivity index (χ1v) is 4.54. The van der Waals surface area contributed by atoms with Gasteiger partial charge in [-0.1, -0.05) is 6.07 Å². The zero-order valence-corrected chi connectivity index (χ0v) is 8.61. The molecule has 0 saturated carbocycles. The van der Waals surface area contributed by atoms with Crippen LogP contribution in [0.4, 0.5) is 22.0 Å². The molecule has 0 aliphatic carbocycles. The van der Waals surface area contributed by atoms with Gasteiger partial charge in [0.1, 0.15) is 0 Å². The standard InChI is InChI=1S/C10H8F5NO/c1-5(16-9(17)10(13,14)15)6-2-3-7(11)8(12)4-6/h2-5H,1H3,(H,16,17). The van der Waals surface area contributed by atoms with Crippen LogP contribution in [0.3, 0.4) is 0 Å². The molecule has 17 heavy (non-hydrogen) atoms. The first-order chi connectivity index (χ1) is 7.71. The van der Waals surface area contributed by atoms with Crippen LogP contribution in [-0.4, -0.2) is 12.1 Å². The fourth-order valence-corrected chi connectivity index (χ4v) is 1.14. The number of carbonyl (C=O) groups excluding carboxylic acids is 1. The Hall–Kier alpha value is -1.66. The van der Waals surface area contributed by atoms with E-state index in [-0.39, 0.29) is 5.56 Å². The van der Waals surface area contributed by atoms with Crippen LogP contribution >= 0.6 is 0 Å². The van der Waals surface area contributed by atoms with Crippen molar-refractivity contribution < 1.29 is 26.7 Å².